The van der Waals surface area contributed by atoms with E-state index in [1.54, 1.807) is 19.1 Å². The number of benzene rings is 1. The summed E-state index contributed by atoms with van der Waals surface area (Å²) < 4.78 is 19.8. The van der Waals surface area contributed by atoms with Crippen LogP contribution in [-0.2, 0) is 17.6 Å². The molecule has 1 heterocycles. The van der Waals surface area contributed by atoms with Crippen LogP contribution in [0.1, 0.15) is 39.7 Å². The molecule has 0 bridgehead atoms. The van der Waals surface area contributed by atoms with Gasteiger partial charge < -0.3 is 4.74 Å². The van der Waals surface area contributed by atoms with E-state index < -0.39 is 0 Å². The van der Waals surface area contributed by atoms with Gasteiger partial charge in [-0.1, -0.05) is 15.9 Å². The number of thiophene rings is 1. The molecule has 3 rings (SSSR count). The molecule has 120 valence electrons. The van der Waals surface area contributed by atoms with Crippen molar-refractivity contribution in [3.8, 4) is 0 Å². The van der Waals surface area contributed by atoms with E-state index in [2.05, 4.69) is 20.9 Å². The number of aryl methyl sites for hydroxylation is 1. The second kappa shape index (κ2) is 6.93. The molecule has 0 spiro atoms. The highest BCUT2D eigenvalue weighted by Crippen LogP contribution is 2.41. The van der Waals surface area contributed by atoms with Gasteiger partial charge in [0.15, 0.2) is 0 Å². The minimum absolute atomic E-state index is 0.326. The Hall–Kier alpha value is -1.53. The zero-order valence-electron chi connectivity index (χ0n) is 12.6. The number of nitrogens with zero attached hydrogens (tertiary/aromatic N) is 1. The van der Waals surface area contributed by atoms with E-state index in [0.29, 0.717) is 22.7 Å². The minimum Gasteiger partial charge on any atom is -0.462 e. The van der Waals surface area contributed by atoms with Gasteiger partial charge >= 0.3 is 5.97 Å². The third kappa shape index (κ3) is 3.38. The van der Waals surface area contributed by atoms with Crippen LogP contribution in [0.2, 0.25) is 0 Å². The number of carbonyl (C=O) groups excluding carboxylic acids is 1. The van der Waals surface area contributed by atoms with Crippen LogP contribution in [0.3, 0.4) is 0 Å². The summed E-state index contributed by atoms with van der Waals surface area (Å²) in [7, 11) is 0. The van der Waals surface area contributed by atoms with E-state index in [1.807, 2.05) is 0 Å². The Kier molecular flexibility index (Phi) is 4.92. The third-order valence-corrected chi connectivity index (χ3v) is 5.35. The van der Waals surface area contributed by atoms with Gasteiger partial charge in [-0.05, 0) is 49.9 Å². The molecular formula is C17H15BrFNO2S. The van der Waals surface area contributed by atoms with Crippen LogP contribution in [0.4, 0.5) is 9.39 Å². The van der Waals surface area contributed by atoms with Gasteiger partial charge in [0, 0.05) is 21.1 Å². The molecule has 6 heteroatoms. The number of carbonyl (C=O) groups is 1. The second-order valence-electron chi connectivity index (χ2n) is 5.18. The van der Waals surface area contributed by atoms with Gasteiger partial charge in [0.05, 0.1) is 12.2 Å². The van der Waals surface area contributed by atoms with Gasteiger partial charge in [-0.25, -0.2) is 14.2 Å². The number of ether oxygens (including phenoxy) is 1. The molecule has 0 saturated heterocycles. The van der Waals surface area contributed by atoms with E-state index >= 15 is 0 Å². The van der Waals surface area contributed by atoms with Gasteiger partial charge in [-0.15, -0.1) is 11.3 Å². The molecule has 1 aromatic heterocycles. The van der Waals surface area contributed by atoms with Gasteiger partial charge in [0.25, 0.3) is 0 Å². The number of hydrogen-bond donors (Lipinski definition) is 0. The van der Waals surface area contributed by atoms with Crippen molar-refractivity contribution in [3.05, 3.63) is 50.1 Å². The highest BCUT2D eigenvalue weighted by molar-refractivity contribution is 9.10. The maximum atomic E-state index is 13.8. The molecule has 0 N–H and O–H groups in total. The molecule has 3 nitrogen and oxygen atoms in total. The van der Waals surface area contributed by atoms with Gasteiger partial charge in [0.1, 0.15) is 10.8 Å². The average Bonchev–Trinajstić information content (AvgIpc) is 3.08. The summed E-state index contributed by atoms with van der Waals surface area (Å²) in [5.74, 6) is -0.688. The lowest BCUT2D eigenvalue weighted by Gasteiger charge is -2.03. The topological polar surface area (TPSA) is 38.7 Å². The Labute approximate surface area is 146 Å². The summed E-state index contributed by atoms with van der Waals surface area (Å²) in [5, 5.41) is 0.604. The smallest absolute Gasteiger partial charge is 0.341 e. The Balaban J connectivity index is 1.98. The third-order valence-electron chi connectivity index (χ3n) is 3.66. The first-order valence-corrected chi connectivity index (χ1v) is 9.02. The first-order valence-electron chi connectivity index (χ1n) is 7.41. The summed E-state index contributed by atoms with van der Waals surface area (Å²) in [4.78, 5) is 17.8. The summed E-state index contributed by atoms with van der Waals surface area (Å²) in [6, 6.07) is 4.67. The van der Waals surface area contributed by atoms with Crippen molar-refractivity contribution >= 4 is 44.5 Å². The van der Waals surface area contributed by atoms with Crippen LogP contribution in [0.15, 0.2) is 27.7 Å². The lowest BCUT2D eigenvalue weighted by Crippen LogP contribution is -2.06. The molecule has 1 aliphatic carbocycles. The SMILES string of the molecule is CCOC(=O)c1c(N=Cc2cc(Br)ccc2F)sc2c1CCC2. The van der Waals surface area contributed by atoms with Crippen LogP contribution in [0.25, 0.3) is 0 Å². The van der Waals surface area contributed by atoms with Gasteiger partial charge in [0.2, 0.25) is 0 Å². The standard InChI is InChI=1S/C17H15BrFNO2S/c1-2-22-17(21)15-12-4-3-5-14(12)23-16(15)20-9-10-8-11(18)6-7-13(10)19/h6-9H,2-5H2,1H3. The number of esters is 1. The Morgan fingerprint density at radius 2 is 2.30 bits per heavy atom. The highest BCUT2D eigenvalue weighted by atomic mass is 79.9. The van der Waals surface area contributed by atoms with Gasteiger partial charge in [-0.2, -0.15) is 0 Å². The van der Waals surface area contributed by atoms with Crippen molar-refractivity contribution < 1.29 is 13.9 Å². The van der Waals surface area contributed by atoms with Crippen molar-refractivity contribution in [2.45, 2.75) is 26.2 Å². The molecular weight excluding hydrogens is 381 g/mol. The molecule has 1 aromatic carbocycles. The lowest BCUT2D eigenvalue weighted by atomic mass is 10.1. The van der Waals surface area contributed by atoms with Crippen molar-refractivity contribution in [1.29, 1.82) is 0 Å². The maximum absolute atomic E-state index is 13.8. The predicted molar refractivity (Wildman–Crippen MR) is 93.7 cm³/mol. The number of fused-ring (bicyclic) bond motifs is 1. The molecule has 0 unspecified atom stereocenters. The van der Waals surface area contributed by atoms with Crippen LogP contribution >= 0.6 is 27.3 Å². The summed E-state index contributed by atoms with van der Waals surface area (Å²) in [6.07, 6.45) is 4.36. The Morgan fingerprint density at radius 1 is 1.48 bits per heavy atom. The van der Waals surface area contributed by atoms with E-state index in [0.717, 1.165) is 29.3 Å². The van der Waals surface area contributed by atoms with Crippen LogP contribution in [-0.4, -0.2) is 18.8 Å². The van der Waals surface area contributed by atoms with Crippen molar-refractivity contribution in [1.82, 2.24) is 0 Å². The molecule has 0 amide bonds. The number of aliphatic imine (C=N–C) groups is 1. The Morgan fingerprint density at radius 3 is 3.09 bits per heavy atom. The molecule has 0 atom stereocenters. The minimum atomic E-state index is -0.348. The number of halogens is 2. The Bertz CT molecular complexity index is 785. The molecule has 1 aliphatic rings. The maximum Gasteiger partial charge on any atom is 0.341 e. The molecule has 0 saturated carbocycles. The fourth-order valence-corrected chi connectivity index (χ4v) is 4.24. The van der Waals surface area contributed by atoms with Crippen molar-refractivity contribution in [2.75, 3.05) is 6.61 Å². The van der Waals surface area contributed by atoms with E-state index in [-0.39, 0.29) is 11.8 Å². The zero-order chi connectivity index (χ0) is 16.4. The summed E-state index contributed by atoms with van der Waals surface area (Å²) in [5.41, 5.74) is 1.98. The number of rotatable bonds is 4. The normalized spacial score (nSPS) is 13.5. The number of hydrogen-bond acceptors (Lipinski definition) is 4. The van der Waals surface area contributed by atoms with E-state index in [1.165, 1.54) is 28.5 Å². The van der Waals surface area contributed by atoms with Crippen LogP contribution < -0.4 is 0 Å². The average molecular weight is 396 g/mol. The summed E-state index contributed by atoms with van der Waals surface area (Å²) in [6.45, 7) is 2.11. The van der Waals surface area contributed by atoms with Crippen molar-refractivity contribution in [2.24, 2.45) is 4.99 Å². The molecule has 23 heavy (non-hydrogen) atoms. The zero-order valence-corrected chi connectivity index (χ0v) is 15.0. The lowest BCUT2D eigenvalue weighted by molar-refractivity contribution is 0.0527. The monoisotopic (exact) mass is 395 g/mol. The largest absolute Gasteiger partial charge is 0.462 e. The first kappa shape index (κ1) is 16.3. The molecule has 0 fully saturated rings. The van der Waals surface area contributed by atoms with Gasteiger partial charge in [-0.3, -0.25) is 0 Å². The summed E-state index contributed by atoms with van der Waals surface area (Å²) >= 11 is 4.82. The second-order valence-corrected chi connectivity index (χ2v) is 7.18. The van der Waals surface area contributed by atoms with E-state index in [9.17, 15) is 9.18 Å². The predicted octanol–water partition coefficient (Wildman–Crippen LogP) is 5.07. The van der Waals surface area contributed by atoms with Crippen LogP contribution in [0, 0.1) is 5.82 Å². The highest BCUT2D eigenvalue weighted by Gasteiger charge is 2.27. The molecule has 0 radical (unpaired) electrons. The first-order chi connectivity index (χ1) is 11.1. The fourth-order valence-electron chi connectivity index (χ4n) is 2.64. The fraction of sp³-hybridized carbons (Fsp3) is 0.294. The van der Waals surface area contributed by atoms with Crippen molar-refractivity contribution in [3.63, 3.8) is 0 Å². The molecule has 0 aliphatic heterocycles. The van der Waals surface area contributed by atoms with E-state index in [4.69, 9.17) is 4.74 Å². The quantitative estimate of drug-likeness (QED) is 0.535. The van der Waals surface area contributed by atoms with Crippen LogP contribution in [0.5, 0.6) is 0 Å². The molecule has 2 aromatic rings.